The van der Waals surface area contributed by atoms with Crippen LogP contribution in [-0.4, -0.2) is 58.6 Å². The van der Waals surface area contributed by atoms with E-state index in [4.69, 9.17) is 9.72 Å². The van der Waals surface area contributed by atoms with Crippen LogP contribution in [0.5, 0.6) is 5.75 Å². The molecule has 3 aromatic rings. The quantitative estimate of drug-likeness (QED) is 0.491. The third kappa shape index (κ3) is 4.83. The number of aromatic nitrogens is 3. The van der Waals surface area contributed by atoms with Crippen molar-refractivity contribution in [3.8, 4) is 5.75 Å². The predicted octanol–water partition coefficient (Wildman–Crippen LogP) is 3.16. The number of rotatable bonds is 9. The van der Waals surface area contributed by atoms with Gasteiger partial charge < -0.3 is 9.64 Å². The molecule has 0 aliphatic rings. The molecule has 0 unspecified atom stereocenters. The smallest absolute Gasteiger partial charge is 0.256 e. The number of amides is 1. The normalized spacial score (nSPS) is 11.3. The number of aryl methyl sites for hydroxylation is 2. The van der Waals surface area contributed by atoms with Crippen molar-refractivity contribution in [2.24, 2.45) is 0 Å². The minimum atomic E-state index is -0.198. The van der Waals surface area contributed by atoms with Crippen molar-refractivity contribution < 1.29 is 9.53 Å². The molecule has 0 radical (unpaired) electrons. The highest BCUT2D eigenvalue weighted by Gasteiger charge is 2.23. The second-order valence-corrected chi connectivity index (χ2v) is 8.70. The summed E-state index contributed by atoms with van der Waals surface area (Å²) in [6, 6.07) is 3.88. The molecule has 3 rings (SSSR count). The number of nitrogens with zero attached hydrogens (tertiary/aromatic N) is 5. The van der Waals surface area contributed by atoms with Gasteiger partial charge in [-0.3, -0.25) is 19.1 Å². The Hall–Kier alpha value is -2.78. The Balaban J connectivity index is 1.99. The average molecular weight is 458 g/mol. The van der Waals surface area contributed by atoms with Gasteiger partial charge in [0.2, 0.25) is 5.91 Å². The van der Waals surface area contributed by atoms with Crippen LogP contribution < -0.4 is 15.2 Å². The highest BCUT2D eigenvalue weighted by atomic mass is 32.1. The van der Waals surface area contributed by atoms with Gasteiger partial charge in [0.25, 0.3) is 5.56 Å². The summed E-state index contributed by atoms with van der Waals surface area (Å²) in [5, 5.41) is 0.606. The topological polar surface area (TPSA) is 80.6 Å². The van der Waals surface area contributed by atoms with Gasteiger partial charge in [-0.15, -0.1) is 0 Å². The maximum atomic E-state index is 13.4. The number of thiazole rings is 1. The Labute approximate surface area is 192 Å². The molecular formula is C23H31N5O3S. The molecule has 0 N–H and O–H groups in total. The van der Waals surface area contributed by atoms with E-state index in [0.717, 1.165) is 28.9 Å². The van der Waals surface area contributed by atoms with Gasteiger partial charge in [-0.05, 0) is 45.5 Å². The summed E-state index contributed by atoms with van der Waals surface area (Å²) in [6.07, 6.45) is 1.44. The van der Waals surface area contributed by atoms with Crippen LogP contribution in [0.4, 0.5) is 5.13 Å². The summed E-state index contributed by atoms with van der Waals surface area (Å²) in [5.41, 5.74) is 2.85. The fourth-order valence-electron chi connectivity index (χ4n) is 3.51. The summed E-state index contributed by atoms with van der Waals surface area (Å²) in [5.74, 6) is 0.485. The first kappa shape index (κ1) is 23.9. The third-order valence-corrected chi connectivity index (χ3v) is 7.01. The molecule has 2 aromatic heterocycles. The van der Waals surface area contributed by atoms with E-state index in [1.807, 2.05) is 19.1 Å². The van der Waals surface area contributed by atoms with Crippen LogP contribution in [0.2, 0.25) is 0 Å². The van der Waals surface area contributed by atoms with Crippen LogP contribution in [0, 0.1) is 20.8 Å². The number of ether oxygens (including phenoxy) is 1. The van der Waals surface area contributed by atoms with Crippen molar-refractivity contribution >= 4 is 32.6 Å². The number of likely N-dealkylation sites (N-methyl/N-ethyl adjacent to an activating group) is 1. The van der Waals surface area contributed by atoms with E-state index in [1.54, 1.807) is 25.9 Å². The highest BCUT2D eigenvalue weighted by Crippen LogP contribution is 2.36. The van der Waals surface area contributed by atoms with E-state index in [-0.39, 0.29) is 18.0 Å². The Kier molecular flexibility index (Phi) is 7.63. The summed E-state index contributed by atoms with van der Waals surface area (Å²) in [4.78, 5) is 39.0. The first-order valence-corrected chi connectivity index (χ1v) is 11.6. The SMILES string of the molecule is CCN(CC)CCN(C(=O)Cn1cnc(C)c(C)c1=O)c1nc2c(OC)ccc(C)c2s1. The third-order valence-electron chi connectivity index (χ3n) is 5.80. The molecular weight excluding hydrogens is 426 g/mol. The summed E-state index contributed by atoms with van der Waals surface area (Å²) < 4.78 is 7.84. The molecule has 32 heavy (non-hydrogen) atoms. The van der Waals surface area contributed by atoms with Gasteiger partial charge in [-0.1, -0.05) is 31.3 Å². The lowest BCUT2D eigenvalue weighted by molar-refractivity contribution is -0.119. The Morgan fingerprint density at radius 1 is 1.16 bits per heavy atom. The van der Waals surface area contributed by atoms with E-state index in [2.05, 4.69) is 23.7 Å². The summed E-state index contributed by atoms with van der Waals surface area (Å²) in [7, 11) is 1.62. The largest absolute Gasteiger partial charge is 0.494 e. The number of carbonyl (C=O) groups excluding carboxylic acids is 1. The van der Waals surface area contributed by atoms with Crippen molar-refractivity contribution in [1.82, 2.24) is 19.4 Å². The molecule has 9 heteroatoms. The number of anilines is 1. The Morgan fingerprint density at radius 3 is 2.53 bits per heavy atom. The van der Waals surface area contributed by atoms with Crippen LogP contribution in [0.3, 0.4) is 0 Å². The molecule has 1 aromatic carbocycles. The molecule has 172 valence electrons. The molecule has 1 amide bonds. The zero-order valence-corrected chi connectivity index (χ0v) is 20.5. The van der Waals surface area contributed by atoms with Gasteiger partial charge in [-0.2, -0.15) is 0 Å². The predicted molar refractivity (Wildman–Crippen MR) is 129 cm³/mol. The highest BCUT2D eigenvalue weighted by molar-refractivity contribution is 7.22. The van der Waals surface area contributed by atoms with Gasteiger partial charge in [0.1, 0.15) is 17.8 Å². The van der Waals surface area contributed by atoms with Crippen molar-refractivity contribution in [3.63, 3.8) is 0 Å². The molecule has 0 aliphatic carbocycles. The number of hydrogen-bond acceptors (Lipinski definition) is 7. The van der Waals surface area contributed by atoms with E-state index < -0.39 is 0 Å². The second kappa shape index (κ2) is 10.2. The molecule has 8 nitrogen and oxygen atoms in total. The zero-order valence-electron chi connectivity index (χ0n) is 19.6. The monoisotopic (exact) mass is 457 g/mol. The second-order valence-electron chi connectivity index (χ2n) is 7.72. The molecule has 0 fully saturated rings. The summed E-state index contributed by atoms with van der Waals surface area (Å²) in [6.45, 7) is 12.6. The standard InChI is InChI=1S/C23H31N5O3S/c1-7-26(8-2)11-12-28(19(29)13-27-14-24-17(5)16(4)22(27)30)23-25-20-18(31-6)10-9-15(3)21(20)32-23/h9-10,14H,7-8,11-13H2,1-6H3. The van der Waals surface area contributed by atoms with E-state index in [1.165, 1.54) is 22.2 Å². The van der Waals surface area contributed by atoms with Gasteiger partial charge in [0, 0.05) is 24.3 Å². The summed E-state index contributed by atoms with van der Waals surface area (Å²) >= 11 is 1.47. The molecule has 0 aliphatic heterocycles. The van der Waals surface area contributed by atoms with Crippen molar-refractivity contribution in [2.45, 2.75) is 41.2 Å². The van der Waals surface area contributed by atoms with Crippen LogP contribution in [0.15, 0.2) is 23.3 Å². The van der Waals surface area contributed by atoms with Gasteiger partial charge in [0.15, 0.2) is 5.13 Å². The molecule has 2 heterocycles. The van der Waals surface area contributed by atoms with E-state index in [0.29, 0.717) is 35.2 Å². The fourth-order valence-corrected chi connectivity index (χ4v) is 4.60. The van der Waals surface area contributed by atoms with Crippen LogP contribution in [0.1, 0.15) is 30.7 Å². The lowest BCUT2D eigenvalue weighted by atomic mass is 10.2. The lowest BCUT2D eigenvalue weighted by Crippen LogP contribution is -2.41. The molecule has 0 atom stereocenters. The minimum Gasteiger partial charge on any atom is -0.494 e. The van der Waals surface area contributed by atoms with E-state index in [9.17, 15) is 9.59 Å². The van der Waals surface area contributed by atoms with Crippen molar-refractivity contribution in [3.05, 3.63) is 45.6 Å². The molecule has 0 saturated carbocycles. The molecule has 0 bridgehead atoms. The van der Waals surface area contributed by atoms with Gasteiger partial charge in [0.05, 0.1) is 18.1 Å². The average Bonchev–Trinajstić information content (AvgIpc) is 3.23. The first-order valence-electron chi connectivity index (χ1n) is 10.8. The molecule has 0 spiro atoms. The number of fused-ring (bicyclic) bond motifs is 1. The van der Waals surface area contributed by atoms with E-state index >= 15 is 0 Å². The Bertz CT molecular complexity index is 1170. The first-order chi connectivity index (χ1) is 15.3. The Morgan fingerprint density at radius 2 is 1.88 bits per heavy atom. The minimum absolute atomic E-state index is 0.0861. The maximum Gasteiger partial charge on any atom is 0.256 e. The van der Waals surface area contributed by atoms with Crippen molar-refractivity contribution in [1.29, 1.82) is 0 Å². The van der Waals surface area contributed by atoms with Crippen LogP contribution >= 0.6 is 11.3 Å². The van der Waals surface area contributed by atoms with Crippen molar-refractivity contribution in [2.75, 3.05) is 38.2 Å². The molecule has 0 saturated heterocycles. The van der Waals surface area contributed by atoms with Gasteiger partial charge >= 0.3 is 0 Å². The number of benzene rings is 1. The maximum absolute atomic E-state index is 13.4. The van der Waals surface area contributed by atoms with Crippen LogP contribution in [-0.2, 0) is 11.3 Å². The lowest BCUT2D eigenvalue weighted by Gasteiger charge is -2.25. The van der Waals surface area contributed by atoms with Crippen LogP contribution in [0.25, 0.3) is 10.2 Å². The number of hydrogen-bond donors (Lipinski definition) is 0. The zero-order chi connectivity index (χ0) is 23.4. The fraction of sp³-hybridized carbons (Fsp3) is 0.478. The van der Waals surface area contributed by atoms with Gasteiger partial charge in [-0.25, -0.2) is 9.97 Å². The number of methoxy groups -OCH3 is 1. The number of carbonyl (C=O) groups is 1.